The van der Waals surface area contributed by atoms with Gasteiger partial charge in [-0.2, -0.15) is 0 Å². The van der Waals surface area contributed by atoms with E-state index in [-0.39, 0.29) is 12.6 Å². The highest BCUT2D eigenvalue weighted by molar-refractivity contribution is 6.45. The Morgan fingerprint density at radius 2 is 1.82 bits per heavy atom. The van der Waals surface area contributed by atoms with Crippen LogP contribution < -0.4 is 5.32 Å². The van der Waals surface area contributed by atoms with Crippen LogP contribution in [0.2, 0.25) is 0 Å². The van der Waals surface area contributed by atoms with E-state index < -0.39 is 36.4 Å². The second kappa shape index (κ2) is 6.54. The molecule has 2 fully saturated rings. The number of imide groups is 3. The van der Waals surface area contributed by atoms with Gasteiger partial charge in [-0.05, 0) is 19.8 Å². The number of ether oxygens (including phenoxy) is 1. The Labute approximate surface area is 126 Å². The molecule has 9 nitrogen and oxygen atoms in total. The van der Waals surface area contributed by atoms with Crippen molar-refractivity contribution in [3.63, 3.8) is 0 Å². The second-order valence-electron chi connectivity index (χ2n) is 5.06. The van der Waals surface area contributed by atoms with Crippen molar-refractivity contribution >= 4 is 29.8 Å². The van der Waals surface area contributed by atoms with E-state index in [1.54, 1.807) is 6.92 Å². The molecule has 1 aliphatic heterocycles. The summed E-state index contributed by atoms with van der Waals surface area (Å²) in [4.78, 5) is 60.1. The third-order valence-electron chi connectivity index (χ3n) is 3.59. The molecule has 2 rings (SSSR count). The van der Waals surface area contributed by atoms with Gasteiger partial charge in [0.2, 0.25) is 5.91 Å². The molecule has 0 aromatic rings. The predicted octanol–water partition coefficient (Wildman–Crippen LogP) is -0.00750. The Hall–Kier alpha value is -2.45. The van der Waals surface area contributed by atoms with Gasteiger partial charge in [0.05, 0.1) is 6.61 Å². The van der Waals surface area contributed by atoms with Crippen LogP contribution in [0.1, 0.15) is 32.6 Å². The number of alkyl carbamates (subject to hydrolysis) is 1. The number of hydrogen-bond donors (Lipinski definition) is 1. The lowest BCUT2D eigenvalue weighted by molar-refractivity contribution is -0.144. The molecule has 0 aromatic heterocycles. The zero-order valence-corrected chi connectivity index (χ0v) is 12.2. The van der Waals surface area contributed by atoms with Crippen molar-refractivity contribution in [2.45, 2.75) is 38.6 Å². The van der Waals surface area contributed by atoms with Gasteiger partial charge in [0, 0.05) is 6.04 Å². The smallest absolute Gasteiger partial charge is 0.413 e. The summed E-state index contributed by atoms with van der Waals surface area (Å²) in [6.07, 6.45) is 2.13. The van der Waals surface area contributed by atoms with Gasteiger partial charge < -0.3 is 4.74 Å². The van der Waals surface area contributed by atoms with Crippen LogP contribution in [-0.4, -0.2) is 58.8 Å². The highest BCUT2D eigenvalue weighted by Crippen LogP contribution is 2.27. The molecule has 0 atom stereocenters. The van der Waals surface area contributed by atoms with E-state index in [1.165, 1.54) is 0 Å². The molecule has 2 aliphatic rings. The number of amides is 6. The Morgan fingerprint density at radius 1 is 1.18 bits per heavy atom. The van der Waals surface area contributed by atoms with E-state index in [4.69, 9.17) is 0 Å². The summed E-state index contributed by atoms with van der Waals surface area (Å²) in [5, 5.41) is 1.87. The number of rotatable bonds is 4. The molecule has 0 radical (unpaired) electrons. The molecular weight excluding hydrogens is 294 g/mol. The van der Waals surface area contributed by atoms with Crippen LogP contribution in [-0.2, 0) is 19.1 Å². The molecule has 1 saturated heterocycles. The van der Waals surface area contributed by atoms with Crippen molar-refractivity contribution in [3.8, 4) is 0 Å². The molecule has 9 heteroatoms. The van der Waals surface area contributed by atoms with Crippen LogP contribution in [0.25, 0.3) is 0 Å². The fraction of sp³-hybridized carbons (Fsp3) is 0.615. The van der Waals surface area contributed by atoms with Gasteiger partial charge >= 0.3 is 23.9 Å². The van der Waals surface area contributed by atoms with E-state index >= 15 is 0 Å². The fourth-order valence-electron chi connectivity index (χ4n) is 2.61. The number of carbonyl (C=O) groups is 5. The topological polar surface area (TPSA) is 113 Å². The average Bonchev–Trinajstić information content (AvgIpc) is 3.03. The lowest BCUT2D eigenvalue weighted by atomic mass is 10.2. The monoisotopic (exact) mass is 311 g/mol. The first kappa shape index (κ1) is 15.9. The van der Waals surface area contributed by atoms with Gasteiger partial charge in [-0.25, -0.2) is 14.5 Å². The van der Waals surface area contributed by atoms with E-state index in [9.17, 15) is 24.0 Å². The van der Waals surface area contributed by atoms with Gasteiger partial charge in [0.1, 0.15) is 6.54 Å². The number of carbonyl (C=O) groups excluding carboxylic acids is 5. The maximum absolute atomic E-state index is 12.2. The van der Waals surface area contributed by atoms with Crippen molar-refractivity contribution in [2.24, 2.45) is 0 Å². The van der Waals surface area contributed by atoms with E-state index in [2.05, 4.69) is 4.74 Å². The van der Waals surface area contributed by atoms with Gasteiger partial charge in [-0.1, -0.05) is 12.8 Å². The molecule has 1 N–H and O–H groups in total. The van der Waals surface area contributed by atoms with E-state index in [1.807, 2.05) is 5.32 Å². The van der Waals surface area contributed by atoms with E-state index in [0.29, 0.717) is 17.7 Å². The first-order valence-corrected chi connectivity index (χ1v) is 7.11. The molecule has 0 unspecified atom stereocenters. The second-order valence-corrected chi connectivity index (χ2v) is 5.06. The van der Waals surface area contributed by atoms with Gasteiger partial charge in [0.25, 0.3) is 0 Å². The average molecular weight is 311 g/mol. The maximum atomic E-state index is 12.2. The lowest BCUT2D eigenvalue weighted by Gasteiger charge is -2.20. The van der Waals surface area contributed by atoms with Gasteiger partial charge in [-0.3, -0.25) is 24.6 Å². The van der Waals surface area contributed by atoms with Crippen LogP contribution >= 0.6 is 0 Å². The quantitative estimate of drug-likeness (QED) is 0.577. The molecule has 1 aliphatic carbocycles. The minimum atomic E-state index is -1.05. The number of nitrogens with zero attached hydrogens (tertiary/aromatic N) is 2. The fourth-order valence-corrected chi connectivity index (χ4v) is 2.61. The van der Waals surface area contributed by atoms with Crippen molar-refractivity contribution in [1.82, 2.24) is 15.1 Å². The summed E-state index contributed by atoms with van der Waals surface area (Å²) in [6, 6.07) is -1.09. The van der Waals surface area contributed by atoms with Crippen LogP contribution in [0.15, 0.2) is 0 Å². The molecule has 1 saturated carbocycles. The van der Waals surface area contributed by atoms with Crippen molar-refractivity contribution < 1.29 is 28.7 Å². The van der Waals surface area contributed by atoms with Crippen LogP contribution in [0.5, 0.6) is 0 Å². The van der Waals surface area contributed by atoms with E-state index in [0.717, 1.165) is 17.7 Å². The van der Waals surface area contributed by atoms with Gasteiger partial charge in [-0.15, -0.1) is 0 Å². The van der Waals surface area contributed by atoms with Gasteiger partial charge in [0.15, 0.2) is 0 Å². The Balaban J connectivity index is 2.00. The number of nitrogens with one attached hydrogen (secondary N) is 1. The zero-order chi connectivity index (χ0) is 16.3. The Bertz CT molecular complexity index is 526. The molecule has 0 bridgehead atoms. The maximum Gasteiger partial charge on any atom is 0.413 e. The van der Waals surface area contributed by atoms with Crippen LogP contribution in [0.3, 0.4) is 0 Å². The first-order chi connectivity index (χ1) is 10.5. The molecule has 0 spiro atoms. The van der Waals surface area contributed by atoms with Crippen LogP contribution in [0, 0.1) is 0 Å². The highest BCUT2D eigenvalue weighted by atomic mass is 16.5. The van der Waals surface area contributed by atoms with Crippen LogP contribution in [0.4, 0.5) is 9.59 Å². The largest absolute Gasteiger partial charge is 0.450 e. The summed E-state index contributed by atoms with van der Waals surface area (Å²) >= 11 is 0. The molecule has 120 valence electrons. The SMILES string of the molecule is CCOC(=O)NC(=O)CN1C(=O)C(=O)N(C2CCCC2)C1=O. The molecule has 0 aromatic carbocycles. The lowest BCUT2D eigenvalue weighted by Crippen LogP contribution is -2.44. The molecule has 22 heavy (non-hydrogen) atoms. The summed E-state index contributed by atoms with van der Waals surface area (Å²) in [5.74, 6) is -2.85. The predicted molar refractivity (Wildman–Crippen MR) is 71.4 cm³/mol. The standard InChI is InChI=1S/C13H17N3O6/c1-2-22-12(20)14-9(17)7-15-10(18)11(19)16(13(15)21)8-5-3-4-6-8/h8H,2-7H2,1H3,(H,14,17,20). The Kier molecular flexibility index (Phi) is 4.74. The summed E-state index contributed by atoms with van der Waals surface area (Å²) in [7, 11) is 0. The zero-order valence-electron chi connectivity index (χ0n) is 12.2. The summed E-state index contributed by atoms with van der Waals surface area (Å²) in [6.45, 7) is 0.954. The third kappa shape index (κ3) is 3.07. The molecular formula is C13H17N3O6. The summed E-state index contributed by atoms with van der Waals surface area (Å²) < 4.78 is 4.52. The number of hydrogen-bond acceptors (Lipinski definition) is 6. The van der Waals surface area contributed by atoms with Crippen molar-refractivity contribution in [3.05, 3.63) is 0 Å². The highest BCUT2D eigenvalue weighted by Gasteiger charge is 2.48. The minimum Gasteiger partial charge on any atom is -0.450 e. The molecule has 6 amide bonds. The summed E-state index contributed by atoms with van der Waals surface area (Å²) in [5.41, 5.74) is 0. The first-order valence-electron chi connectivity index (χ1n) is 7.11. The number of urea groups is 1. The van der Waals surface area contributed by atoms with Crippen molar-refractivity contribution in [1.29, 1.82) is 0 Å². The van der Waals surface area contributed by atoms with Crippen molar-refractivity contribution in [2.75, 3.05) is 13.2 Å². The minimum absolute atomic E-state index is 0.0780. The third-order valence-corrected chi connectivity index (χ3v) is 3.59. The Morgan fingerprint density at radius 3 is 2.41 bits per heavy atom. The normalized spacial score (nSPS) is 19.0. The molecule has 1 heterocycles.